The van der Waals surface area contributed by atoms with Crippen LogP contribution in [0.2, 0.25) is 0 Å². The van der Waals surface area contributed by atoms with Crippen molar-refractivity contribution in [2.24, 2.45) is 5.92 Å². The Hall–Kier alpha value is -1.15. The third-order valence-corrected chi connectivity index (χ3v) is 4.29. The van der Waals surface area contributed by atoms with Crippen molar-refractivity contribution in [3.05, 3.63) is 0 Å². The van der Waals surface area contributed by atoms with E-state index in [-0.39, 0.29) is 31.2 Å². The molecule has 1 unspecified atom stereocenters. The molecule has 104 valence electrons. The molecule has 1 aliphatic heterocycles. The van der Waals surface area contributed by atoms with Gasteiger partial charge in [0.1, 0.15) is 0 Å². The zero-order valence-electron chi connectivity index (χ0n) is 10.3. The van der Waals surface area contributed by atoms with E-state index in [2.05, 4.69) is 4.72 Å². The minimum atomic E-state index is -3.38. The van der Waals surface area contributed by atoms with Crippen molar-refractivity contribution in [3.63, 3.8) is 0 Å². The fraction of sp³-hybridized carbons (Fsp3) is 0.800. The van der Waals surface area contributed by atoms with Gasteiger partial charge in [-0.2, -0.15) is 0 Å². The molecular formula is C10H18N2O5S. The number of carbonyl (C=O) groups excluding carboxylic acids is 1. The van der Waals surface area contributed by atoms with Gasteiger partial charge in [-0.25, -0.2) is 13.1 Å². The van der Waals surface area contributed by atoms with Crippen molar-refractivity contribution in [1.29, 1.82) is 0 Å². The van der Waals surface area contributed by atoms with Gasteiger partial charge in [-0.3, -0.25) is 9.59 Å². The fourth-order valence-electron chi connectivity index (χ4n) is 1.85. The van der Waals surface area contributed by atoms with Crippen LogP contribution in [0.25, 0.3) is 0 Å². The molecule has 1 atom stereocenters. The number of amides is 1. The maximum atomic E-state index is 11.6. The summed E-state index contributed by atoms with van der Waals surface area (Å²) >= 11 is 0. The number of hydrogen-bond donors (Lipinski definition) is 2. The molecule has 18 heavy (non-hydrogen) atoms. The molecular weight excluding hydrogens is 260 g/mol. The van der Waals surface area contributed by atoms with Crippen molar-refractivity contribution >= 4 is 21.9 Å². The lowest BCUT2D eigenvalue weighted by Crippen LogP contribution is -2.45. The summed E-state index contributed by atoms with van der Waals surface area (Å²) in [4.78, 5) is 23.7. The summed E-state index contributed by atoms with van der Waals surface area (Å²) in [5, 5.41) is 8.89. The monoisotopic (exact) mass is 278 g/mol. The number of carboxylic acid groups (broad SMARTS) is 1. The number of piperidine rings is 1. The number of rotatable bonds is 6. The standard InChI is InChI=1S/C10H18N2O5S/c1-2-11-18(16,17)6-5-12-7-8(10(14)15)3-4-9(12)13/h8,11H,2-7H2,1H3,(H,14,15). The zero-order chi connectivity index (χ0) is 13.8. The van der Waals surface area contributed by atoms with Crippen molar-refractivity contribution in [2.45, 2.75) is 19.8 Å². The highest BCUT2D eigenvalue weighted by Gasteiger charge is 2.30. The van der Waals surface area contributed by atoms with Gasteiger partial charge in [-0.15, -0.1) is 0 Å². The number of sulfonamides is 1. The highest BCUT2D eigenvalue weighted by Crippen LogP contribution is 2.17. The Balaban J connectivity index is 2.54. The van der Waals surface area contributed by atoms with Crippen molar-refractivity contribution < 1.29 is 23.1 Å². The summed E-state index contributed by atoms with van der Waals surface area (Å²) in [6, 6.07) is 0. The molecule has 0 bridgehead atoms. The highest BCUT2D eigenvalue weighted by molar-refractivity contribution is 7.89. The number of aliphatic carboxylic acids is 1. The molecule has 1 fully saturated rings. The van der Waals surface area contributed by atoms with E-state index < -0.39 is 21.9 Å². The minimum absolute atomic E-state index is 0.0396. The average Bonchev–Trinajstić information content (AvgIpc) is 2.27. The van der Waals surface area contributed by atoms with Crippen LogP contribution in [0.1, 0.15) is 19.8 Å². The van der Waals surface area contributed by atoms with Gasteiger partial charge in [0.2, 0.25) is 15.9 Å². The molecule has 1 saturated heterocycles. The number of likely N-dealkylation sites (tertiary alicyclic amines) is 1. The zero-order valence-corrected chi connectivity index (χ0v) is 11.1. The van der Waals surface area contributed by atoms with E-state index in [1.165, 1.54) is 4.90 Å². The topological polar surface area (TPSA) is 104 Å². The molecule has 0 aromatic heterocycles. The summed E-state index contributed by atoms with van der Waals surface area (Å²) in [6.45, 7) is 2.10. The van der Waals surface area contributed by atoms with Gasteiger partial charge in [-0.1, -0.05) is 6.92 Å². The quantitative estimate of drug-likeness (QED) is 0.665. The van der Waals surface area contributed by atoms with E-state index in [0.29, 0.717) is 13.0 Å². The maximum Gasteiger partial charge on any atom is 0.308 e. The van der Waals surface area contributed by atoms with Gasteiger partial charge in [0.15, 0.2) is 0 Å². The Labute approximate surface area is 106 Å². The summed E-state index contributed by atoms with van der Waals surface area (Å²) in [5.41, 5.74) is 0. The highest BCUT2D eigenvalue weighted by atomic mass is 32.2. The van der Waals surface area contributed by atoms with Gasteiger partial charge in [0.25, 0.3) is 0 Å². The van der Waals surface area contributed by atoms with E-state index in [1.807, 2.05) is 0 Å². The summed E-state index contributed by atoms with van der Waals surface area (Å²) in [6.07, 6.45) is 0.489. The molecule has 1 amide bonds. The lowest BCUT2D eigenvalue weighted by Gasteiger charge is -2.30. The summed E-state index contributed by atoms with van der Waals surface area (Å²) in [5.74, 6) is -1.91. The van der Waals surface area contributed by atoms with Gasteiger partial charge in [0, 0.05) is 26.1 Å². The van der Waals surface area contributed by atoms with Crippen LogP contribution >= 0.6 is 0 Å². The molecule has 2 N–H and O–H groups in total. The normalized spacial score (nSPS) is 21.1. The van der Waals surface area contributed by atoms with E-state index >= 15 is 0 Å². The second-order valence-corrected chi connectivity index (χ2v) is 6.16. The molecule has 0 aromatic carbocycles. The van der Waals surface area contributed by atoms with Crippen molar-refractivity contribution in [1.82, 2.24) is 9.62 Å². The van der Waals surface area contributed by atoms with Crippen molar-refractivity contribution in [3.8, 4) is 0 Å². The SMILES string of the molecule is CCNS(=O)(=O)CCN1CC(C(=O)O)CCC1=O. The Morgan fingerprint density at radius 2 is 2.22 bits per heavy atom. The molecule has 0 aromatic rings. The van der Waals surface area contributed by atoms with Crippen molar-refractivity contribution in [2.75, 3.05) is 25.4 Å². The predicted molar refractivity (Wildman–Crippen MR) is 64.4 cm³/mol. The van der Waals surface area contributed by atoms with Crippen LogP contribution in [0, 0.1) is 5.92 Å². The number of carboxylic acids is 1. The molecule has 0 spiro atoms. The number of nitrogens with one attached hydrogen (secondary N) is 1. The van der Waals surface area contributed by atoms with Crippen LogP contribution in [0.5, 0.6) is 0 Å². The Morgan fingerprint density at radius 1 is 1.56 bits per heavy atom. The largest absolute Gasteiger partial charge is 0.481 e. The van der Waals surface area contributed by atoms with Crippen LogP contribution in [-0.4, -0.2) is 55.7 Å². The molecule has 0 aliphatic carbocycles. The lowest BCUT2D eigenvalue weighted by atomic mass is 9.98. The fourth-order valence-corrected chi connectivity index (χ4v) is 2.90. The van der Waals surface area contributed by atoms with Crippen LogP contribution in [0.15, 0.2) is 0 Å². The van der Waals surface area contributed by atoms with Crippen LogP contribution in [0.4, 0.5) is 0 Å². The van der Waals surface area contributed by atoms with Crippen LogP contribution in [0.3, 0.4) is 0 Å². The van der Waals surface area contributed by atoms with Gasteiger partial charge < -0.3 is 10.0 Å². The Bertz CT molecular complexity index is 420. The molecule has 1 aliphatic rings. The molecule has 1 rings (SSSR count). The molecule has 1 heterocycles. The minimum Gasteiger partial charge on any atom is -0.481 e. The third-order valence-electron chi connectivity index (χ3n) is 2.84. The van der Waals surface area contributed by atoms with Crippen LogP contribution < -0.4 is 4.72 Å². The Kier molecular flexibility index (Phi) is 5.09. The first kappa shape index (κ1) is 14.9. The van der Waals surface area contributed by atoms with E-state index in [4.69, 9.17) is 5.11 Å². The smallest absolute Gasteiger partial charge is 0.308 e. The lowest BCUT2D eigenvalue weighted by molar-refractivity contribution is -0.147. The Morgan fingerprint density at radius 3 is 2.78 bits per heavy atom. The maximum absolute atomic E-state index is 11.6. The number of nitrogens with zero attached hydrogens (tertiary/aromatic N) is 1. The molecule has 7 nitrogen and oxygen atoms in total. The van der Waals surface area contributed by atoms with E-state index in [0.717, 1.165) is 0 Å². The van der Waals surface area contributed by atoms with E-state index in [9.17, 15) is 18.0 Å². The third kappa shape index (κ3) is 4.26. The van der Waals surface area contributed by atoms with Gasteiger partial charge in [0.05, 0.1) is 11.7 Å². The van der Waals surface area contributed by atoms with Gasteiger partial charge in [-0.05, 0) is 6.42 Å². The number of hydrogen-bond acceptors (Lipinski definition) is 4. The molecule has 8 heteroatoms. The summed E-state index contributed by atoms with van der Waals surface area (Å²) in [7, 11) is -3.38. The first-order chi connectivity index (χ1) is 8.35. The molecule has 0 saturated carbocycles. The first-order valence-electron chi connectivity index (χ1n) is 5.83. The average molecular weight is 278 g/mol. The van der Waals surface area contributed by atoms with Gasteiger partial charge >= 0.3 is 5.97 Å². The predicted octanol–water partition coefficient (Wildman–Crippen LogP) is -0.751. The summed E-state index contributed by atoms with van der Waals surface area (Å²) < 4.78 is 25.2. The number of carbonyl (C=O) groups is 2. The molecule has 0 radical (unpaired) electrons. The first-order valence-corrected chi connectivity index (χ1v) is 7.49. The van der Waals surface area contributed by atoms with Crippen LogP contribution in [-0.2, 0) is 19.6 Å². The van der Waals surface area contributed by atoms with E-state index in [1.54, 1.807) is 6.92 Å². The second kappa shape index (κ2) is 6.14. The second-order valence-electron chi connectivity index (χ2n) is 4.23.